The second-order valence-electron chi connectivity index (χ2n) is 9.97. The maximum Gasteiger partial charge on any atom is 0.263 e. The maximum atomic E-state index is 13.5. The molecular formula is C33H40FN3O4. The van der Waals surface area contributed by atoms with Gasteiger partial charge in [-0.3, -0.25) is 9.36 Å². The van der Waals surface area contributed by atoms with Crippen LogP contribution in [0.3, 0.4) is 0 Å². The molecule has 0 aliphatic heterocycles. The van der Waals surface area contributed by atoms with Crippen LogP contribution in [0.5, 0.6) is 11.5 Å². The Bertz CT molecular complexity index is 1440. The van der Waals surface area contributed by atoms with Gasteiger partial charge in [0.05, 0.1) is 32.7 Å². The van der Waals surface area contributed by atoms with Gasteiger partial charge in [0.25, 0.3) is 5.56 Å². The number of allylic oxidation sites excluding steroid dienone is 2. The van der Waals surface area contributed by atoms with Gasteiger partial charge < -0.3 is 14.2 Å². The molecule has 0 saturated carbocycles. The monoisotopic (exact) mass is 561 g/mol. The number of ether oxygens (including phenoxy) is 3. The fourth-order valence-corrected chi connectivity index (χ4v) is 4.06. The zero-order valence-corrected chi connectivity index (χ0v) is 25.1. The molecule has 218 valence electrons. The zero-order chi connectivity index (χ0) is 30.7. The van der Waals surface area contributed by atoms with E-state index in [9.17, 15) is 14.4 Å². The van der Waals surface area contributed by atoms with Crippen molar-refractivity contribution < 1.29 is 18.6 Å². The van der Waals surface area contributed by atoms with E-state index < -0.39 is 5.67 Å². The molecule has 0 aliphatic carbocycles. The number of unbranched alkanes of at least 4 members (excludes halogenated alkanes) is 1. The Morgan fingerprint density at radius 3 is 2.10 bits per heavy atom. The number of para-hydroxylation sites is 1. The predicted octanol–water partition coefficient (Wildman–Crippen LogP) is 7.09. The second-order valence-corrected chi connectivity index (χ2v) is 9.97. The lowest BCUT2D eigenvalue weighted by Gasteiger charge is -2.19. The molecule has 8 heteroatoms. The lowest BCUT2D eigenvalue weighted by molar-refractivity contribution is 0.221. The number of benzene rings is 2. The average molecular weight is 562 g/mol. The zero-order valence-electron chi connectivity index (χ0n) is 25.1. The molecule has 1 heterocycles. The number of hydrogen-bond donors (Lipinski definition) is 0. The third-order valence-electron chi connectivity index (χ3n) is 6.46. The third-order valence-corrected chi connectivity index (χ3v) is 6.46. The predicted molar refractivity (Wildman–Crippen MR) is 161 cm³/mol. The molecular weight excluding hydrogens is 521 g/mol. The van der Waals surface area contributed by atoms with Gasteiger partial charge in [-0.05, 0) is 50.5 Å². The van der Waals surface area contributed by atoms with Gasteiger partial charge in [-0.15, -0.1) is 0 Å². The van der Waals surface area contributed by atoms with Gasteiger partial charge in [-0.2, -0.15) is 5.26 Å². The van der Waals surface area contributed by atoms with Crippen LogP contribution in [0.2, 0.25) is 0 Å². The minimum Gasteiger partial charge on any atom is -0.501 e. The second kappa shape index (κ2) is 14.8. The van der Waals surface area contributed by atoms with E-state index in [1.165, 1.54) is 25.9 Å². The topological polar surface area (TPSA) is 86.4 Å². The van der Waals surface area contributed by atoms with Crippen molar-refractivity contribution >= 4 is 5.57 Å². The standard InChI is InChI=1S/C21H25N3O4.C12H15F/c1-6-7-11-19-23-16(13-22)15(12-14(2)26-3)21(25)24(19)20-17(27-4)9-8-10-18(20)28-5;1-9(2)10-5-7-11(8-6-10)12(3,4)13/h8-10H,2,6-7,11-12H2,1,3-5H3;5-8H,1H2,2-4H3. The molecule has 0 fully saturated rings. The number of rotatable bonds is 11. The van der Waals surface area contributed by atoms with Gasteiger partial charge in [0.2, 0.25) is 0 Å². The molecule has 0 N–H and O–H groups in total. The van der Waals surface area contributed by atoms with Crippen LogP contribution in [0.4, 0.5) is 4.39 Å². The molecule has 2 aromatic carbocycles. The molecule has 1 aromatic heterocycles. The summed E-state index contributed by atoms with van der Waals surface area (Å²) < 4.78 is 31.0. The van der Waals surface area contributed by atoms with Crippen molar-refractivity contribution in [3.8, 4) is 23.3 Å². The third kappa shape index (κ3) is 8.31. The molecule has 0 aliphatic rings. The fraction of sp³-hybridized carbons (Fsp3) is 0.364. The summed E-state index contributed by atoms with van der Waals surface area (Å²) in [4.78, 5) is 18.0. The van der Waals surface area contributed by atoms with Crippen LogP contribution in [0.15, 0.2) is 66.2 Å². The quantitative estimate of drug-likeness (QED) is 0.232. The van der Waals surface area contributed by atoms with Crippen molar-refractivity contribution in [2.24, 2.45) is 0 Å². The summed E-state index contributed by atoms with van der Waals surface area (Å²) in [6, 6.07) is 14.7. The molecule has 3 rings (SSSR count). The van der Waals surface area contributed by atoms with Crippen LogP contribution in [0.25, 0.3) is 11.3 Å². The summed E-state index contributed by atoms with van der Waals surface area (Å²) in [6.45, 7) is 14.7. The first-order valence-electron chi connectivity index (χ1n) is 13.4. The Hall–Kier alpha value is -4.38. The Morgan fingerprint density at radius 1 is 1.07 bits per heavy atom. The molecule has 0 unspecified atom stereocenters. The highest BCUT2D eigenvalue weighted by atomic mass is 19.1. The van der Waals surface area contributed by atoms with Crippen LogP contribution < -0.4 is 15.0 Å². The fourth-order valence-electron chi connectivity index (χ4n) is 4.06. The van der Waals surface area contributed by atoms with Crippen molar-refractivity contribution in [3.05, 3.63) is 99.9 Å². The van der Waals surface area contributed by atoms with Gasteiger partial charge in [-0.25, -0.2) is 9.37 Å². The molecule has 0 saturated heterocycles. The van der Waals surface area contributed by atoms with E-state index in [-0.39, 0.29) is 23.2 Å². The number of aromatic nitrogens is 2. The van der Waals surface area contributed by atoms with Crippen molar-refractivity contribution in [1.82, 2.24) is 9.55 Å². The Kier molecular flexibility index (Phi) is 11.9. The largest absolute Gasteiger partial charge is 0.501 e. The van der Waals surface area contributed by atoms with Gasteiger partial charge in [0.1, 0.15) is 34.7 Å². The molecule has 0 amide bonds. The maximum absolute atomic E-state index is 13.5. The van der Waals surface area contributed by atoms with E-state index in [1.807, 2.05) is 44.2 Å². The summed E-state index contributed by atoms with van der Waals surface area (Å²) in [5.41, 5.74) is 1.92. The van der Waals surface area contributed by atoms with Crippen molar-refractivity contribution in [1.29, 1.82) is 5.26 Å². The Balaban J connectivity index is 0.000000377. The van der Waals surface area contributed by atoms with Gasteiger partial charge in [-0.1, -0.05) is 62.4 Å². The van der Waals surface area contributed by atoms with E-state index in [2.05, 4.69) is 18.1 Å². The smallest absolute Gasteiger partial charge is 0.263 e. The highest BCUT2D eigenvalue weighted by Crippen LogP contribution is 2.32. The van der Waals surface area contributed by atoms with E-state index >= 15 is 0 Å². The number of methoxy groups -OCH3 is 3. The Morgan fingerprint density at radius 2 is 1.66 bits per heavy atom. The number of alkyl halides is 1. The number of nitrogens with zero attached hydrogens (tertiary/aromatic N) is 3. The molecule has 0 bridgehead atoms. The minimum absolute atomic E-state index is 0.0828. The summed E-state index contributed by atoms with van der Waals surface area (Å²) in [5.74, 6) is 1.80. The van der Waals surface area contributed by atoms with Crippen molar-refractivity contribution in [2.45, 2.75) is 59.0 Å². The van der Waals surface area contributed by atoms with Gasteiger partial charge in [0, 0.05) is 12.8 Å². The lowest BCUT2D eigenvalue weighted by atomic mass is 9.97. The van der Waals surface area contributed by atoms with E-state index in [0.717, 1.165) is 24.0 Å². The number of hydrogen-bond acceptors (Lipinski definition) is 6. The van der Waals surface area contributed by atoms with Gasteiger partial charge in [0.15, 0.2) is 5.69 Å². The first-order valence-corrected chi connectivity index (χ1v) is 13.4. The number of halogens is 1. The summed E-state index contributed by atoms with van der Waals surface area (Å²) in [5, 5.41) is 9.56. The van der Waals surface area contributed by atoms with E-state index in [4.69, 9.17) is 14.2 Å². The first-order chi connectivity index (χ1) is 19.4. The lowest BCUT2D eigenvalue weighted by Crippen LogP contribution is -2.29. The van der Waals surface area contributed by atoms with Crippen LogP contribution in [-0.4, -0.2) is 30.9 Å². The number of nitriles is 1. The van der Waals surface area contributed by atoms with Crippen LogP contribution >= 0.6 is 0 Å². The van der Waals surface area contributed by atoms with Crippen LogP contribution in [-0.2, 0) is 23.2 Å². The molecule has 3 aromatic rings. The highest BCUT2D eigenvalue weighted by molar-refractivity contribution is 5.61. The van der Waals surface area contributed by atoms with Gasteiger partial charge >= 0.3 is 0 Å². The van der Waals surface area contributed by atoms with Crippen LogP contribution in [0, 0.1) is 11.3 Å². The Labute approximate surface area is 242 Å². The van der Waals surface area contributed by atoms with Crippen LogP contribution in [0.1, 0.15) is 68.7 Å². The number of aryl methyl sites for hydroxylation is 1. The normalized spacial score (nSPS) is 10.6. The molecule has 41 heavy (non-hydrogen) atoms. The average Bonchev–Trinajstić information content (AvgIpc) is 2.96. The molecule has 0 spiro atoms. The first kappa shape index (κ1) is 32.8. The summed E-state index contributed by atoms with van der Waals surface area (Å²) in [7, 11) is 4.53. The SMILES string of the molecule is C=C(C)c1ccc(C(C)(C)F)cc1.C=C(Cc1c(C#N)nc(CCCC)n(-c2c(OC)cccc2OC)c1=O)OC. The van der Waals surface area contributed by atoms with Crippen molar-refractivity contribution in [2.75, 3.05) is 21.3 Å². The summed E-state index contributed by atoms with van der Waals surface area (Å²) >= 11 is 0. The molecule has 7 nitrogen and oxygen atoms in total. The highest BCUT2D eigenvalue weighted by Gasteiger charge is 2.23. The van der Waals surface area contributed by atoms with E-state index in [0.29, 0.717) is 40.8 Å². The summed E-state index contributed by atoms with van der Waals surface area (Å²) in [6.07, 6.45) is 2.37. The molecule has 0 atom stereocenters. The molecule has 0 radical (unpaired) electrons. The minimum atomic E-state index is -1.26. The van der Waals surface area contributed by atoms with E-state index in [1.54, 1.807) is 32.0 Å². The van der Waals surface area contributed by atoms with Crippen molar-refractivity contribution in [3.63, 3.8) is 0 Å².